The van der Waals surface area contributed by atoms with Crippen molar-refractivity contribution in [3.8, 4) is 11.1 Å². The summed E-state index contributed by atoms with van der Waals surface area (Å²) in [5.41, 5.74) is 10.6. The van der Waals surface area contributed by atoms with Gasteiger partial charge >= 0.3 is 0 Å². The normalized spacial score (nSPS) is 11.0. The molecule has 0 N–H and O–H groups in total. The molecule has 3 rings (SSSR count). The van der Waals surface area contributed by atoms with Crippen molar-refractivity contribution in [1.82, 2.24) is 0 Å². The molecule has 0 bridgehead atoms. The second-order valence-corrected chi connectivity index (χ2v) is 5.67. The van der Waals surface area contributed by atoms with Gasteiger partial charge in [-0.2, -0.15) is 0 Å². The number of benzene rings is 2. The Kier molecular flexibility index (Phi) is 3.12. The molecular formula is C14H15B5O. The van der Waals surface area contributed by atoms with Crippen molar-refractivity contribution in [2.75, 3.05) is 0 Å². The summed E-state index contributed by atoms with van der Waals surface area (Å²) in [6, 6.07) is 8.48. The van der Waals surface area contributed by atoms with Crippen molar-refractivity contribution < 1.29 is 4.42 Å². The van der Waals surface area contributed by atoms with Crippen molar-refractivity contribution in [2.45, 2.75) is 0 Å². The summed E-state index contributed by atoms with van der Waals surface area (Å²) >= 11 is 0. The molecule has 1 nitrogen and oxygen atoms in total. The lowest BCUT2D eigenvalue weighted by atomic mass is 9.59. The van der Waals surface area contributed by atoms with Crippen LogP contribution in [0.25, 0.3) is 22.1 Å². The molecule has 0 aliphatic carbocycles. The summed E-state index contributed by atoms with van der Waals surface area (Å²) < 4.78 is 5.44. The first kappa shape index (κ1) is 13.3. The largest absolute Gasteiger partial charge is 0.464 e. The van der Waals surface area contributed by atoms with Crippen LogP contribution in [-0.4, -0.2) is 39.2 Å². The van der Waals surface area contributed by atoms with E-state index in [0.29, 0.717) is 0 Å². The zero-order valence-electron chi connectivity index (χ0n) is 12.8. The van der Waals surface area contributed by atoms with E-state index >= 15 is 0 Å². The highest BCUT2D eigenvalue weighted by Crippen LogP contribution is 2.22. The zero-order chi connectivity index (χ0) is 14.4. The third-order valence-corrected chi connectivity index (χ3v) is 4.74. The van der Waals surface area contributed by atoms with Crippen molar-refractivity contribution in [2.24, 2.45) is 0 Å². The van der Waals surface area contributed by atoms with Gasteiger partial charge in [0.25, 0.3) is 0 Å². The van der Waals surface area contributed by atoms with E-state index in [2.05, 4.69) is 57.4 Å². The summed E-state index contributed by atoms with van der Waals surface area (Å²) in [6.07, 6.45) is 1.75. The third-order valence-electron chi connectivity index (χ3n) is 4.74. The lowest BCUT2D eigenvalue weighted by Gasteiger charge is -2.20. The molecule has 20 heavy (non-hydrogen) atoms. The van der Waals surface area contributed by atoms with Gasteiger partial charge in [0.15, 0.2) is 0 Å². The second kappa shape index (κ2) is 4.69. The van der Waals surface area contributed by atoms with Crippen molar-refractivity contribution in [3.63, 3.8) is 0 Å². The van der Waals surface area contributed by atoms with Crippen LogP contribution in [-0.2, 0) is 0 Å². The minimum Gasteiger partial charge on any atom is -0.464 e. The van der Waals surface area contributed by atoms with E-state index in [-0.39, 0.29) is 0 Å². The first-order valence-corrected chi connectivity index (χ1v) is 7.05. The van der Waals surface area contributed by atoms with Gasteiger partial charge in [-0.05, 0) is 29.3 Å². The van der Waals surface area contributed by atoms with E-state index in [1.165, 1.54) is 38.4 Å². The van der Waals surface area contributed by atoms with E-state index in [0.717, 1.165) is 11.0 Å². The smallest absolute Gasteiger partial charge is 0.139 e. The van der Waals surface area contributed by atoms with Crippen LogP contribution in [0.5, 0.6) is 0 Å². The molecule has 0 atom stereocenters. The number of furan rings is 1. The molecule has 2 aromatic carbocycles. The molecule has 0 aliphatic heterocycles. The van der Waals surface area contributed by atoms with Gasteiger partial charge in [-0.15, -0.1) is 16.4 Å². The maximum Gasteiger partial charge on any atom is 0.139 e. The van der Waals surface area contributed by atoms with Crippen molar-refractivity contribution in [3.05, 3.63) is 30.5 Å². The number of fused-ring (bicyclic) bond motifs is 1. The fraction of sp³-hybridized carbons (Fsp3) is 0. The molecular weight excluding hydrogens is 238 g/mol. The highest BCUT2D eigenvalue weighted by atomic mass is 16.3. The molecule has 92 valence electrons. The van der Waals surface area contributed by atoms with E-state index in [9.17, 15) is 0 Å². The van der Waals surface area contributed by atoms with Crippen LogP contribution >= 0.6 is 0 Å². The number of hydrogen-bond acceptors (Lipinski definition) is 1. The lowest BCUT2D eigenvalue weighted by Crippen LogP contribution is -2.55. The summed E-state index contributed by atoms with van der Waals surface area (Å²) in [5, 5.41) is 1.16. The maximum atomic E-state index is 5.44. The van der Waals surface area contributed by atoms with Crippen molar-refractivity contribution in [1.29, 1.82) is 0 Å². The van der Waals surface area contributed by atoms with E-state index in [1.807, 2.05) is 6.07 Å². The first-order valence-electron chi connectivity index (χ1n) is 7.05. The molecule has 0 spiro atoms. The first-order chi connectivity index (χ1) is 9.50. The predicted molar refractivity (Wildman–Crippen MR) is 103 cm³/mol. The van der Waals surface area contributed by atoms with Crippen LogP contribution in [0.3, 0.4) is 0 Å². The zero-order valence-corrected chi connectivity index (χ0v) is 12.8. The topological polar surface area (TPSA) is 13.1 Å². The highest BCUT2D eigenvalue weighted by molar-refractivity contribution is 6.68. The standard InChI is InChI=1S/C14H15B5O/c15-10-9(11(16)13(18)14(19)12(10)17)7-1-2-8-6(5-7)3-4-20-8/h1-5H,15-19H2. The molecule has 0 amide bonds. The third kappa shape index (κ3) is 1.86. The summed E-state index contributed by atoms with van der Waals surface area (Å²) in [6.45, 7) is 0. The Bertz CT molecular complexity index is 793. The van der Waals surface area contributed by atoms with Gasteiger partial charge in [0, 0.05) is 5.39 Å². The van der Waals surface area contributed by atoms with Crippen LogP contribution in [0, 0.1) is 0 Å². The molecule has 0 radical (unpaired) electrons. The number of hydrogen-bond donors (Lipinski definition) is 0. The second-order valence-electron chi connectivity index (χ2n) is 5.67. The van der Waals surface area contributed by atoms with Crippen LogP contribution in [0.15, 0.2) is 34.9 Å². The molecule has 0 saturated heterocycles. The van der Waals surface area contributed by atoms with Gasteiger partial charge < -0.3 is 4.42 Å². The molecule has 3 aromatic rings. The Balaban J connectivity index is 2.33. The highest BCUT2D eigenvalue weighted by Gasteiger charge is 2.13. The monoisotopic (exact) mass is 254 g/mol. The predicted octanol–water partition coefficient (Wildman–Crippen LogP) is -4.61. The van der Waals surface area contributed by atoms with Crippen LogP contribution in [0.2, 0.25) is 0 Å². The number of rotatable bonds is 1. The van der Waals surface area contributed by atoms with Gasteiger partial charge in [-0.3, -0.25) is 0 Å². The Morgan fingerprint density at radius 2 is 1.30 bits per heavy atom. The summed E-state index contributed by atoms with van der Waals surface area (Å²) in [5.74, 6) is 0. The van der Waals surface area contributed by atoms with Gasteiger partial charge in [0.05, 0.1) is 6.26 Å². The molecule has 0 saturated carbocycles. The average Bonchev–Trinajstić information content (AvgIpc) is 2.91. The average molecular weight is 253 g/mol. The van der Waals surface area contributed by atoms with Crippen molar-refractivity contribution >= 4 is 77.5 Å². The molecule has 1 heterocycles. The van der Waals surface area contributed by atoms with Gasteiger partial charge in [0.1, 0.15) is 44.8 Å². The Morgan fingerprint density at radius 1 is 0.700 bits per heavy atom. The van der Waals surface area contributed by atoms with E-state index in [1.54, 1.807) is 6.26 Å². The quantitative estimate of drug-likeness (QED) is 0.398. The van der Waals surface area contributed by atoms with Crippen LogP contribution in [0.1, 0.15) is 0 Å². The Labute approximate surface area is 124 Å². The van der Waals surface area contributed by atoms with Gasteiger partial charge in [-0.25, -0.2) is 0 Å². The minimum atomic E-state index is 0.949. The fourth-order valence-electron chi connectivity index (χ4n) is 3.06. The lowest BCUT2D eigenvalue weighted by molar-refractivity contribution is 0.616. The van der Waals surface area contributed by atoms with E-state index in [4.69, 9.17) is 4.42 Å². The molecule has 6 heteroatoms. The molecule has 0 unspecified atom stereocenters. The molecule has 0 aliphatic rings. The summed E-state index contributed by atoms with van der Waals surface area (Å²) in [7, 11) is 11.1. The maximum absolute atomic E-state index is 5.44. The van der Waals surface area contributed by atoms with E-state index < -0.39 is 0 Å². The SMILES string of the molecule is Bc1c(B)c(B)c(-c2ccc3occc3c2)c(B)c1B. The summed E-state index contributed by atoms with van der Waals surface area (Å²) in [4.78, 5) is 0. The Hall–Kier alpha value is -1.70. The Morgan fingerprint density at radius 3 is 1.95 bits per heavy atom. The molecule has 0 fully saturated rings. The minimum absolute atomic E-state index is 0.949. The van der Waals surface area contributed by atoms with Crippen LogP contribution in [0.4, 0.5) is 0 Å². The van der Waals surface area contributed by atoms with Gasteiger partial charge in [-0.1, -0.05) is 17.0 Å². The fourth-order valence-corrected chi connectivity index (χ4v) is 3.06. The molecule has 1 aromatic heterocycles. The van der Waals surface area contributed by atoms with Gasteiger partial charge in [0.2, 0.25) is 0 Å². The van der Waals surface area contributed by atoms with Crippen LogP contribution < -0.4 is 27.3 Å².